The lowest BCUT2D eigenvalue weighted by Gasteiger charge is -1.85. The first-order chi connectivity index (χ1) is 3.83. The third-order valence-electron chi connectivity index (χ3n) is 0.779. The Hall–Kier alpha value is -0.190. The van der Waals surface area contributed by atoms with E-state index in [2.05, 4.69) is 22.6 Å². The van der Waals surface area contributed by atoms with Gasteiger partial charge in [-0.3, -0.25) is 0 Å². The summed E-state index contributed by atoms with van der Waals surface area (Å²) in [5.41, 5.74) is 0. The van der Waals surface area contributed by atoms with E-state index >= 15 is 0 Å². The van der Waals surface area contributed by atoms with Crippen molar-refractivity contribution in [2.45, 2.75) is 0 Å². The maximum absolute atomic E-state index is 4.92. The average molecular weight is 224 g/mol. The smallest absolute Gasteiger partial charge is 0.167 e. The van der Waals surface area contributed by atoms with Gasteiger partial charge in [-0.1, -0.05) is 0 Å². The molecule has 0 saturated carbocycles. The topological polar surface area (TPSA) is 22.4 Å². The molecule has 0 aliphatic carbocycles. The van der Waals surface area contributed by atoms with Crippen LogP contribution in [-0.2, 0) is 0 Å². The molecule has 0 aliphatic heterocycles. The molecule has 0 aromatic carbocycles. The first kappa shape index (κ1) is 5.94. The van der Waals surface area contributed by atoms with Gasteiger partial charge < -0.3 is 9.15 Å². The maximum atomic E-state index is 4.92. The van der Waals surface area contributed by atoms with Crippen molar-refractivity contribution in [1.82, 2.24) is 0 Å². The molecule has 44 valence electrons. The Bertz CT molecular complexity index is 171. The average Bonchev–Trinajstić information content (AvgIpc) is 2.14. The molecule has 1 aromatic rings. The summed E-state index contributed by atoms with van der Waals surface area (Å²) in [6.07, 6.45) is 1.57. The van der Waals surface area contributed by atoms with Crippen molar-refractivity contribution in [3.63, 3.8) is 0 Å². The van der Waals surface area contributed by atoms with E-state index in [4.69, 9.17) is 9.15 Å². The van der Waals surface area contributed by atoms with E-state index in [1.165, 1.54) is 0 Å². The zero-order valence-electron chi connectivity index (χ0n) is 4.35. The Morgan fingerprint density at radius 1 is 1.75 bits per heavy atom. The second kappa shape index (κ2) is 2.39. The SMILES string of the molecule is COc1coc(I)c1. The highest BCUT2D eigenvalue weighted by Gasteiger charge is 1.93. The Morgan fingerprint density at radius 3 is 2.75 bits per heavy atom. The van der Waals surface area contributed by atoms with Crippen LogP contribution in [0.5, 0.6) is 5.75 Å². The van der Waals surface area contributed by atoms with Gasteiger partial charge in [-0.25, -0.2) is 0 Å². The number of halogens is 1. The van der Waals surface area contributed by atoms with Gasteiger partial charge in [0.25, 0.3) is 0 Å². The Balaban J connectivity index is 2.84. The molecule has 0 atom stereocenters. The molecule has 0 amide bonds. The summed E-state index contributed by atoms with van der Waals surface area (Å²) < 4.78 is 10.6. The highest BCUT2D eigenvalue weighted by molar-refractivity contribution is 14.1. The largest absolute Gasteiger partial charge is 0.493 e. The molecule has 8 heavy (non-hydrogen) atoms. The van der Waals surface area contributed by atoms with Gasteiger partial charge in [0.1, 0.15) is 6.26 Å². The quantitative estimate of drug-likeness (QED) is 0.679. The maximum Gasteiger partial charge on any atom is 0.167 e. The van der Waals surface area contributed by atoms with Gasteiger partial charge in [-0.05, 0) is 22.6 Å². The Labute approximate surface area is 61.0 Å². The van der Waals surface area contributed by atoms with Crippen LogP contribution in [0.2, 0.25) is 0 Å². The van der Waals surface area contributed by atoms with E-state index in [0.717, 1.165) is 9.52 Å². The third kappa shape index (κ3) is 1.15. The van der Waals surface area contributed by atoms with Crippen LogP contribution in [0.15, 0.2) is 16.7 Å². The van der Waals surface area contributed by atoms with Gasteiger partial charge in [0.15, 0.2) is 9.52 Å². The van der Waals surface area contributed by atoms with Crippen LogP contribution in [0.1, 0.15) is 0 Å². The second-order valence-electron chi connectivity index (χ2n) is 1.29. The summed E-state index contributed by atoms with van der Waals surface area (Å²) in [5, 5.41) is 0. The van der Waals surface area contributed by atoms with Gasteiger partial charge in [-0.15, -0.1) is 0 Å². The number of rotatable bonds is 1. The van der Waals surface area contributed by atoms with E-state index in [1.807, 2.05) is 6.07 Å². The molecule has 1 aromatic heterocycles. The number of ether oxygens (including phenoxy) is 1. The summed E-state index contributed by atoms with van der Waals surface area (Å²) in [6, 6.07) is 1.82. The summed E-state index contributed by atoms with van der Waals surface area (Å²) in [7, 11) is 1.61. The number of hydrogen-bond acceptors (Lipinski definition) is 2. The number of methoxy groups -OCH3 is 1. The van der Waals surface area contributed by atoms with Crippen molar-refractivity contribution in [1.29, 1.82) is 0 Å². The lowest BCUT2D eigenvalue weighted by atomic mass is 10.6. The fraction of sp³-hybridized carbons (Fsp3) is 0.200. The molecule has 0 N–H and O–H groups in total. The molecule has 1 heterocycles. The van der Waals surface area contributed by atoms with Gasteiger partial charge in [0, 0.05) is 6.07 Å². The molecule has 2 nitrogen and oxygen atoms in total. The summed E-state index contributed by atoms with van der Waals surface area (Å²) in [5.74, 6) is 0.773. The highest BCUT2D eigenvalue weighted by atomic mass is 127. The molecule has 0 bridgehead atoms. The monoisotopic (exact) mass is 224 g/mol. The van der Waals surface area contributed by atoms with Crippen molar-refractivity contribution in [2.75, 3.05) is 7.11 Å². The Morgan fingerprint density at radius 2 is 2.50 bits per heavy atom. The van der Waals surface area contributed by atoms with Crippen molar-refractivity contribution >= 4 is 22.6 Å². The van der Waals surface area contributed by atoms with Crippen LogP contribution in [0.3, 0.4) is 0 Å². The minimum Gasteiger partial charge on any atom is -0.493 e. The molecule has 0 radical (unpaired) electrons. The van der Waals surface area contributed by atoms with Crippen LogP contribution >= 0.6 is 22.6 Å². The predicted molar refractivity (Wildman–Crippen MR) is 38.0 cm³/mol. The van der Waals surface area contributed by atoms with E-state index < -0.39 is 0 Å². The van der Waals surface area contributed by atoms with Crippen LogP contribution in [0.4, 0.5) is 0 Å². The molecule has 0 saturated heterocycles. The van der Waals surface area contributed by atoms with Gasteiger partial charge in [-0.2, -0.15) is 0 Å². The third-order valence-corrected chi connectivity index (χ3v) is 1.34. The number of hydrogen-bond donors (Lipinski definition) is 0. The van der Waals surface area contributed by atoms with Crippen LogP contribution in [-0.4, -0.2) is 7.11 Å². The first-order valence-corrected chi connectivity index (χ1v) is 3.19. The van der Waals surface area contributed by atoms with E-state index in [1.54, 1.807) is 13.4 Å². The summed E-state index contributed by atoms with van der Waals surface area (Å²) in [4.78, 5) is 0. The first-order valence-electron chi connectivity index (χ1n) is 2.11. The molecule has 0 unspecified atom stereocenters. The number of furan rings is 1. The summed E-state index contributed by atoms with van der Waals surface area (Å²) >= 11 is 2.08. The molecular formula is C5H5IO2. The molecular weight excluding hydrogens is 219 g/mol. The van der Waals surface area contributed by atoms with E-state index in [9.17, 15) is 0 Å². The normalized spacial score (nSPS) is 9.25. The van der Waals surface area contributed by atoms with Crippen LogP contribution in [0.25, 0.3) is 0 Å². The highest BCUT2D eigenvalue weighted by Crippen LogP contribution is 2.15. The van der Waals surface area contributed by atoms with Crippen molar-refractivity contribution < 1.29 is 9.15 Å². The summed E-state index contributed by atoms with van der Waals surface area (Å²) in [6.45, 7) is 0. The standard InChI is InChI=1S/C5H5IO2/c1-7-4-2-5(6)8-3-4/h2-3H,1H3. The van der Waals surface area contributed by atoms with E-state index in [-0.39, 0.29) is 0 Å². The lowest BCUT2D eigenvalue weighted by Crippen LogP contribution is -1.75. The van der Waals surface area contributed by atoms with Gasteiger partial charge >= 0.3 is 0 Å². The predicted octanol–water partition coefficient (Wildman–Crippen LogP) is 1.89. The lowest BCUT2D eigenvalue weighted by molar-refractivity contribution is 0.405. The van der Waals surface area contributed by atoms with Crippen molar-refractivity contribution in [3.8, 4) is 5.75 Å². The van der Waals surface area contributed by atoms with Gasteiger partial charge in [0.05, 0.1) is 7.11 Å². The fourth-order valence-corrected chi connectivity index (χ4v) is 0.835. The zero-order valence-corrected chi connectivity index (χ0v) is 6.51. The fourth-order valence-electron chi connectivity index (χ4n) is 0.401. The molecule has 1 rings (SSSR count). The Kier molecular flexibility index (Phi) is 1.77. The van der Waals surface area contributed by atoms with Crippen molar-refractivity contribution in [2.24, 2.45) is 0 Å². The van der Waals surface area contributed by atoms with Crippen molar-refractivity contribution in [3.05, 3.63) is 16.1 Å². The zero-order chi connectivity index (χ0) is 5.98. The van der Waals surface area contributed by atoms with Gasteiger partial charge in [0.2, 0.25) is 0 Å². The molecule has 0 aliphatic rings. The van der Waals surface area contributed by atoms with E-state index in [0.29, 0.717) is 0 Å². The minimum absolute atomic E-state index is 0.773. The van der Waals surface area contributed by atoms with Crippen LogP contribution in [0, 0.1) is 3.77 Å². The van der Waals surface area contributed by atoms with Crippen LogP contribution < -0.4 is 4.74 Å². The molecule has 3 heteroatoms. The second-order valence-corrected chi connectivity index (χ2v) is 2.35. The molecule has 0 spiro atoms. The minimum atomic E-state index is 0.773. The molecule has 0 fully saturated rings.